The van der Waals surface area contributed by atoms with E-state index < -0.39 is 0 Å². The molecule has 2 aliphatic carbocycles. The van der Waals surface area contributed by atoms with Gasteiger partial charge in [0.1, 0.15) is 12.4 Å². The fourth-order valence-corrected chi connectivity index (χ4v) is 2.24. The molecule has 3 heteroatoms. The SMILES string of the molecule is COCC(=O)C1CCC2(CC2)C1=O. The van der Waals surface area contributed by atoms with E-state index in [1.165, 1.54) is 7.11 Å². The molecule has 0 amide bonds. The highest BCUT2D eigenvalue weighted by Crippen LogP contribution is 2.57. The smallest absolute Gasteiger partial charge is 0.168 e. The third-order valence-corrected chi connectivity index (χ3v) is 3.28. The van der Waals surface area contributed by atoms with E-state index in [1.807, 2.05) is 0 Å². The minimum Gasteiger partial charge on any atom is -0.377 e. The fraction of sp³-hybridized carbons (Fsp3) is 0.800. The number of rotatable bonds is 3. The first-order chi connectivity index (χ1) is 6.19. The van der Waals surface area contributed by atoms with E-state index in [0.29, 0.717) is 0 Å². The van der Waals surface area contributed by atoms with Crippen molar-refractivity contribution in [1.29, 1.82) is 0 Å². The summed E-state index contributed by atoms with van der Waals surface area (Å²) in [5.41, 5.74) is -0.0614. The van der Waals surface area contributed by atoms with Gasteiger partial charge in [-0.15, -0.1) is 0 Å². The summed E-state index contributed by atoms with van der Waals surface area (Å²) < 4.78 is 4.75. The number of methoxy groups -OCH3 is 1. The molecule has 0 saturated heterocycles. The zero-order valence-corrected chi connectivity index (χ0v) is 7.84. The summed E-state index contributed by atoms with van der Waals surface area (Å²) in [7, 11) is 1.49. The molecule has 2 fully saturated rings. The van der Waals surface area contributed by atoms with Crippen molar-refractivity contribution in [1.82, 2.24) is 0 Å². The van der Waals surface area contributed by atoms with Crippen molar-refractivity contribution >= 4 is 11.6 Å². The van der Waals surface area contributed by atoms with Crippen molar-refractivity contribution in [2.24, 2.45) is 11.3 Å². The molecule has 1 spiro atoms. The Balaban J connectivity index is 2.02. The van der Waals surface area contributed by atoms with E-state index >= 15 is 0 Å². The second-order valence-electron chi connectivity index (χ2n) is 4.14. The van der Waals surface area contributed by atoms with Crippen LogP contribution in [0.25, 0.3) is 0 Å². The van der Waals surface area contributed by atoms with Gasteiger partial charge < -0.3 is 4.74 Å². The molecular formula is C10H14O3. The van der Waals surface area contributed by atoms with Gasteiger partial charge in [-0.05, 0) is 25.7 Å². The molecule has 1 atom stereocenters. The monoisotopic (exact) mass is 182 g/mol. The van der Waals surface area contributed by atoms with Gasteiger partial charge >= 0.3 is 0 Å². The number of hydrogen-bond acceptors (Lipinski definition) is 3. The summed E-state index contributed by atoms with van der Waals surface area (Å²) in [6.07, 6.45) is 3.68. The van der Waals surface area contributed by atoms with Crippen LogP contribution in [0.5, 0.6) is 0 Å². The van der Waals surface area contributed by atoms with Crippen LogP contribution in [0, 0.1) is 11.3 Å². The minimum absolute atomic E-state index is 0.0312. The topological polar surface area (TPSA) is 43.4 Å². The number of Topliss-reactive ketones (excluding diaryl/α,β-unsaturated/α-hetero) is 2. The predicted octanol–water partition coefficient (Wildman–Crippen LogP) is 0.961. The second kappa shape index (κ2) is 2.91. The van der Waals surface area contributed by atoms with Crippen molar-refractivity contribution in [3.8, 4) is 0 Å². The summed E-state index contributed by atoms with van der Waals surface area (Å²) in [5, 5.41) is 0. The maximum absolute atomic E-state index is 11.7. The van der Waals surface area contributed by atoms with Crippen LogP contribution in [0.2, 0.25) is 0 Å². The molecule has 0 aromatic rings. The second-order valence-corrected chi connectivity index (χ2v) is 4.14. The normalized spacial score (nSPS) is 29.6. The van der Waals surface area contributed by atoms with Crippen molar-refractivity contribution in [2.75, 3.05) is 13.7 Å². The van der Waals surface area contributed by atoms with Crippen LogP contribution in [0.4, 0.5) is 0 Å². The lowest BCUT2D eigenvalue weighted by Gasteiger charge is -2.06. The number of ketones is 2. The molecule has 72 valence electrons. The standard InChI is InChI=1S/C10H14O3/c1-13-6-8(11)7-2-3-10(4-5-10)9(7)12/h7H,2-6H2,1H3. The molecule has 2 rings (SSSR count). The number of ether oxygens (including phenoxy) is 1. The summed E-state index contributed by atoms with van der Waals surface area (Å²) >= 11 is 0. The number of carbonyl (C=O) groups excluding carboxylic acids is 2. The Hall–Kier alpha value is -0.700. The van der Waals surface area contributed by atoms with Gasteiger partial charge in [-0.25, -0.2) is 0 Å². The maximum Gasteiger partial charge on any atom is 0.168 e. The molecule has 0 aliphatic heterocycles. The van der Waals surface area contributed by atoms with Gasteiger partial charge in [0.25, 0.3) is 0 Å². The predicted molar refractivity (Wildman–Crippen MR) is 46.3 cm³/mol. The van der Waals surface area contributed by atoms with Gasteiger partial charge in [-0.3, -0.25) is 9.59 Å². The van der Waals surface area contributed by atoms with Gasteiger partial charge in [0.15, 0.2) is 5.78 Å². The van der Waals surface area contributed by atoms with Crippen LogP contribution >= 0.6 is 0 Å². The van der Waals surface area contributed by atoms with Crippen LogP contribution < -0.4 is 0 Å². The Labute approximate surface area is 77.4 Å². The van der Waals surface area contributed by atoms with E-state index in [-0.39, 0.29) is 29.5 Å². The zero-order valence-electron chi connectivity index (χ0n) is 7.84. The summed E-state index contributed by atoms with van der Waals surface area (Å²) in [6, 6.07) is 0. The van der Waals surface area contributed by atoms with E-state index in [9.17, 15) is 9.59 Å². The van der Waals surface area contributed by atoms with E-state index in [1.54, 1.807) is 0 Å². The van der Waals surface area contributed by atoms with Crippen LogP contribution in [-0.2, 0) is 14.3 Å². The molecule has 2 aliphatic rings. The first-order valence-corrected chi connectivity index (χ1v) is 4.75. The number of carbonyl (C=O) groups is 2. The van der Waals surface area contributed by atoms with Crippen LogP contribution in [0.1, 0.15) is 25.7 Å². The van der Waals surface area contributed by atoms with Crippen molar-refractivity contribution < 1.29 is 14.3 Å². The average molecular weight is 182 g/mol. The molecule has 0 aromatic carbocycles. The summed E-state index contributed by atoms with van der Waals surface area (Å²) in [5.74, 6) is -0.187. The Morgan fingerprint density at radius 3 is 2.69 bits per heavy atom. The van der Waals surface area contributed by atoms with Gasteiger partial charge in [-0.1, -0.05) is 0 Å². The molecule has 0 radical (unpaired) electrons. The molecule has 0 heterocycles. The fourth-order valence-electron chi connectivity index (χ4n) is 2.24. The minimum atomic E-state index is -0.345. The zero-order chi connectivity index (χ0) is 9.47. The lowest BCUT2D eigenvalue weighted by molar-refractivity contribution is -0.135. The van der Waals surface area contributed by atoms with Crippen molar-refractivity contribution in [3.05, 3.63) is 0 Å². The van der Waals surface area contributed by atoms with Gasteiger partial charge in [0.2, 0.25) is 0 Å². The lowest BCUT2D eigenvalue weighted by Crippen LogP contribution is -2.25. The summed E-state index contributed by atoms with van der Waals surface area (Å²) in [4.78, 5) is 23.2. The van der Waals surface area contributed by atoms with Crippen LogP contribution in [0.15, 0.2) is 0 Å². The Morgan fingerprint density at radius 2 is 2.23 bits per heavy atom. The summed E-state index contributed by atoms with van der Waals surface area (Å²) in [6.45, 7) is 0.0898. The molecule has 1 unspecified atom stereocenters. The van der Waals surface area contributed by atoms with Crippen molar-refractivity contribution in [2.45, 2.75) is 25.7 Å². The largest absolute Gasteiger partial charge is 0.377 e. The van der Waals surface area contributed by atoms with Gasteiger partial charge in [0, 0.05) is 12.5 Å². The lowest BCUT2D eigenvalue weighted by atomic mass is 9.98. The Bertz CT molecular complexity index is 253. The molecule has 0 N–H and O–H groups in total. The highest BCUT2D eigenvalue weighted by atomic mass is 16.5. The molecule has 0 bridgehead atoms. The van der Waals surface area contributed by atoms with Crippen LogP contribution in [-0.4, -0.2) is 25.3 Å². The molecule has 0 aromatic heterocycles. The third-order valence-electron chi connectivity index (χ3n) is 3.28. The van der Waals surface area contributed by atoms with Crippen LogP contribution in [0.3, 0.4) is 0 Å². The van der Waals surface area contributed by atoms with Gasteiger partial charge in [0.05, 0.1) is 5.92 Å². The molecule has 13 heavy (non-hydrogen) atoms. The first-order valence-electron chi connectivity index (χ1n) is 4.75. The van der Waals surface area contributed by atoms with E-state index in [2.05, 4.69) is 0 Å². The van der Waals surface area contributed by atoms with E-state index in [4.69, 9.17) is 4.74 Å². The molecule has 3 nitrogen and oxygen atoms in total. The molecule has 2 saturated carbocycles. The first kappa shape index (κ1) is 8.88. The van der Waals surface area contributed by atoms with Crippen molar-refractivity contribution in [3.63, 3.8) is 0 Å². The highest BCUT2D eigenvalue weighted by Gasteiger charge is 2.57. The van der Waals surface area contributed by atoms with Gasteiger partial charge in [-0.2, -0.15) is 0 Å². The Morgan fingerprint density at radius 1 is 1.54 bits per heavy atom. The quantitative estimate of drug-likeness (QED) is 0.610. The maximum atomic E-state index is 11.7. The Kier molecular flexibility index (Phi) is 1.99. The number of hydrogen-bond donors (Lipinski definition) is 0. The van der Waals surface area contributed by atoms with E-state index in [0.717, 1.165) is 25.7 Å². The average Bonchev–Trinajstić information content (AvgIpc) is 2.78. The third kappa shape index (κ3) is 1.31. The highest BCUT2D eigenvalue weighted by molar-refractivity contribution is 6.07. The molecular weight excluding hydrogens is 168 g/mol.